The number of nitrogens with one attached hydrogen (secondary N) is 1. The molecule has 0 spiro atoms. The third-order valence-corrected chi connectivity index (χ3v) is 1.46. The summed E-state index contributed by atoms with van der Waals surface area (Å²) in [4.78, 5) is 0. The Labute approximate surface area is 70.1 Å². The zero-order valence-corrected chi connectivity index (χ0v) is 6.70. The first-order chi connectivity index (χ1) is 5.65. The molecule has 0 aliphatic carbocycles. The van der Waals surface area contributed by atoms with E-state index in [-0.39, 0.29) is 17.2 Å². The lowest BCUT2D eigenvalue weighted by atomic mass is 10.2. The molecule has 0 radical (unpaired) electrons. The van der Waals surface area contributed by atoms with Crippen molar-refractivity contribution in [2.45, 2.75) is 6.92 Å². The van der Waals surface area contributed by atoms with Gasteiger partial charge < -0.3 is 20.6 Å². The van der Waals surface area contributed by atoms with Crippen LogP contribution in [0, 0.1) is 0 Å². The van der Waals surface area contributed by atoms with Crippen molar-refractivity contribution in [3.05, 3.63) is 12.1 Å². The van der Waals surface area contributed by atoms with Gasteiger partial charge in [0.25, 0.3) is 0 Å². The molecular formula is C8H11NO3. The van der Waals surface area contributed by atoms with Gasteiger partial charge in [0.05, 0.1) is 5.69 Å². The first-order valence-corrected chi connectivity index (χ1v) is 3.64. The minimum atomic E-state index is -0.325. The largest absolute Gasteiger partial charge is 0.506 e. The molecule has 1 aromatic rings. The molecule has 4 heteroatoms. The Bertz CT molecular complexity index is 286. The molecule has 0 atom stereocenters. The minimum Gasteiger partial charge on any atom is -0.506 e. The van der Waals surface area contributed by atoms with E-state index in [1.165, 1.54) is 6.07 Å². The Hall–Kier alpha value is -1.58. The second-order valence-corrected chi connectivity index (χ2v) is 2.39. The van der Waals surface area contributed by atoms with Gasteiger partial charge in [-0.05, 0) is 6.92 Å². The molecular weight excluding hydrogens is 158 g/mol. The number of rotatable bonds is 2. The maximum atomic E-state index is 9.21. The van der Waals surface area contributed by atoms with Crippen LogP contribution in [0.3, 0.4) is 0 Å². The average molecular weight is 169 g/mol. The van der Waals surface area contributed by atoms with Crippen molar-refractivity contribution in [1.29, 1.82) is 0 Å². The third-order valence-electron chi connectivity index (χ3n) is 1.46. The molecule has 0 aliphatic heterocycles. The lowest BCUT2D eigenvalue weighted by Gasteiger charge is -2.07. The standard InChI is InChI=1S/C8H11NO3/c1-2-9-5-3-7(11)8(12)4-6(5)10/h3-4,9-12H,2H2,1H3. The van der Waals surface area contributed by atoms with Crippen LogP contribution in [-0.4, -0.2) is 21.9 Å². The Morgan fingerprint density at radius 2 is 1.67 bits per heavy atom. The van der Waals surface area contributed by atoms with Crippen LogP contribution in [0.15, 0.2) is 12.1 Å². The van der Waals surface area contributed by atoms with Gasteiger partial charge in [-0.2, -0.15) is 0 Å². The molecule has 0 unspecified atom stereocenters. The molecule has 0 fully saturated rings. The number of aromatic hydroxyl groups is 3. The number of hydrogen-bond acceptors (Lipinski definition) is 4. The Morgan fingerprint density at radius 3 is 2.25 bits per heavy atom. The van der Waals surface area contributed by atoms with Crippen LogP contribution in [0.25, 0.3) is 0 Å². The van der Waals surface area contributed by atoms with E-state index >= 15 is 0 Å². The summed E-state index contributed by atoms with van der Waals surface area (Å²) in [6, 6.07) is 2.36. The fraction of sp³-hybridized carbons (Fsp3) is 0.250. The molecule has 12 heavy (non-hydrogen) atoms. The summed E-state index contributed by atoms with van der Waals surface area (Å²) in [5.74, 6) is -0.648. The van der Waals surface area contributed by atoms with Crippen molar-refractivity contribution in [3.8, 4) is 17.2 Å². The Balaban J connectivity index is 3.05. The van der Waals surface area contributed by atoms with Gasteiger partial charge in [0.2, 0.25) is 0 Å². The molecule has 4 N–H and O–H groups in total. The van der Waals surface area contributed by atoms with E-state index in [4.69, 9.17) is 10.2 Å². The summed E-state index contributed by atoms with van der Waals surface area (Å²) >= 11 is 0. The van der Waals surface area contributed by atoms with E-state index in [9.17, 15) is 5.11 Å². The van der Waals surface area contributed by atoms with E-state index in [0.29, 0.717) is 12.2 Å². The monoisotopic (exact) mass is 169 g/mol. The summed E-state index contributed by atoms with van der Waals surface area (Å²) in [6.45, 7) is 2.50. The van der Waals surface area contributed by atoms with Gasteiger partial charge in [0.1, 0.15) is 5.75 Å². The summed E-state index contributed by atoms with van der Waals surface area (Å²) in [7, 11) is 0. The maximum Gasteiger partial charge on any atom is 0.161 e. The van der Waals surface area contributed by atoms with Crippen LogP contribution in [0.4, 0.5) is 5.69 Å². The fourth-order valence-corrected chi connectivity index (χ4v) is 0.898. The van der Waals surface area contributed by atoms with Crippen molar-refractivity contribution in [1.82, 2.24) is 0 Å². The molecule has 0 saturated carbocycles. The summed E-state index contributed by atoms with van der Waals surface area (Å²) in [5.41, 5.74) is 0.410. The van der Waals surface area contributed by atoms with E-state index < -0.39 is 0 Å². The topological polar surface area (TPSA) is 72.7 Å². The Kier molecular flexibility index (Phi) is 2.28. The van der Waals surface area contributed by atoms with Gasteiger partial charge in [0.15, 0.2) is 11.5 Å². The smallest absolute Gasteiger partial charge is 0.161 e. The van der Waals surface area contributed by atoms with E-state index in [1.807, 2.05) is 6.92 Å². The van der Waals surface area contributed by atoms with Crippen LogP contribution in [0.2, 0.25) is 0 Å². The number of anilines is 1. The van der Waals surface area contributed by atoms with Crippen LogP contribution in [0.1, 0.15) is 6.92 Å². The lowest BCUT2D eigenvalue weighted by molar-refractivity contribution is 0.397. The molecule has 1 rings (SSSR count). The lowest BCUT2D eigenvalue weighted by Crippen LogP contribution is -1.96. The fourth-order valence-electron chi connectivity index (χ4n) is 0.898. The summed E-state index contributed by atoms with van der Waals surface area (Å²) in [6.07, 6.45) is 0. The van der Waals surface area contributed by atoms with Crippen molar-refractivity contribution < 1.29 is 15.3 Å². The molecule has 0 bridgehead atoms. The number of benzene rings is 1. The molecule has 0 aliphatic rings. The highest BCUT2D eigenvalue weighted by molar-refractivity contribution is 5.62. The van der Waals surface area contributed by atoms with E-state index in [1.54, 1.807) is 0 Å². The van der Waals surface area contributed by atoms with Crippen molar-refractivity contribution >= 4 is 5.69 Å². The summed E-state index contributed by atoms with van der Waals surface area (Å²) in [5, 5.41) is 30.0. The average Bonchev–Trinajstić information content (AvgIpc) is 2.01. The SMILES string of the molecule is CCNc1cc(O)c(O)cc1O. The van der Waals surface area contributed by atoms with Gasteiger partial charge >= 0.3 is 0 Å². The first-order valence-electron chi connectivity index (χ1n) is 3.64. The second kappa shape index (κ2) is 3.21. The number of hydrogen-bond donors (Lipinski definition) is 4. The van der Waals surface area contributed by atoms with Crippen molar-refractivity contribution in [2.24, 2.45) is 0 Å². The maximum absolute atomic E-state index is 9.21. The highest BCUT2D eigenvalue weighted by Crippen LogP contribution is 2.35. The van der Waals surface area contributed by atoms with Gasteiger partial charge in [-0.25, -0.2) is 0 Å². The molecule has 0 amide bonds. The predicted octanol–water partition coefficient (Wildman–Crippen LogP) is 1.24. The highest BCUT2D eigenvalue weighted by Gasteiger charge is 2.05. The minimum absolute atomic E-state index is 0.0767. The van der Waals surface area contributed by atoms with Gasteiger partial charge in [0, 0.05) is 18.7 Å². The Morgan fingerprint density at radius 1 is 1.08 bits per heavy atom. The third kappa shape index (κ3) is 1.53. The van der Waals surface area contributed by atoms with Crippen molar-refractivity contribution in [3.63, 3.8) is 0 Å². The predicted molar refractivity (Wildman–Crippen MR) is 45.6 cm³/mol. The molecule has 0 heterocycles. The highest BCUT2D eigenvalue weighted by atomic mass is 16.3. The number of phenols is 3. The molecule has 1 aromatic carbocycles. The van der Waals surface area contributed by atoms with Crippen LogP contribution in [0.5, 0.6) is 17.2 Å². The van der Waals surface area contributed by atoms with Crippen LogP contribution < -0.4 is 5.32 Å². The zero-order chi connectivity index (χ0) is 9.14. The molecule has 0 aromatic heterocycles. The second-order valence-electron chi connectivity index (χ2n) is 2.39. The molecule has 0 saturated heterocycles. The van der Waals surface area contributed by atoms with Crippen LogP contribution >= 0.6 is 0 Å². The van der Waals surface area contributed by atoms with E-state index in [0.717, 1.165) is 6.07 Å². The van der Waals surface area contributed by atoms with Gasteiger partial charge in [-0.1, -0.05) is 0 Å². The van der Waals surface area contributed by atoms with Crippen LogP contribution in [-0.2, 0) is 0 Å². The van der Waals surface area contributed by atoms with Crippen molar-refractivity contribution in [2.75, 3.05) is 11.9 Å². The molecule has 4 nitrogen and oxygen atoms in total. The molecule has 66 valence electrons. The quantitative estimate of drug-likeness (QED) is 0.397. The zero-order valence-electron chi connectivity index (χ0n) is 6.70. The van der Waals surface area contributed by atoms with E-state index in [2.05, 4.69) is 5.32 Å². The number of phenolic OH excluding ortho intramolecular Hbond substituents is 3. The van der Waals surface area contributed by atoms with Gasteiger partial charge in [-0.3, -0.25) is 0 Å². The summed E-state index contributed by atoms with van der Waals surface area (Å²) < 4.78 is 0. The normalized spacial score (nSPS) is 9.75. The first kappa shape index (κ1) is 8.52. The van der Waals surface area contributed by atoms with Gasteiger partial charge in [-0.15, -0.1) is 0 Å².